The predicted octanol–water partition coefficient (Wildman–Crippen LogP) is 2.62. The molecule has 5 heteroatoms. The molecule has 56 valence electrons. The van der Waals surface area contributed by atoms with E-state index in [4.69, 9.17) is 0 Å². The number of nitroso groups, excluding NO2 is 2. The Balaban J connectivity index is 3.21. The third kappa shape index (κ3) is 1.64. The molecule has 0 bridgehead atoms. The van der Waals surface area contributed by atoms with Crippen molar-refractivity contribution < 1.29 is 4.39 Å². The average Bonchev–Trinajstić information content (AvgIpc) is 2.03. The lowest BCUT2D eigenvalue weighted by Crippen LogP contribution is -1.71. The molecule has 0 aliphatic heterocycles. The topological polar surface area (TPSA) is 58.9 Å². The van der Waals surface area contributed by atoms with E-state index >= 15 is 0 Å². The first-order valence-corrected chi connectivity index (χ1v) is 2.73. The van der Waals surface area contributed by atoms with E-state index in [0.717, 1.165) is 18.2 Å². The molecule has 0 radical (unpaired) electrons. The van der Waals surface area contributed by atoms with Gasteiger partial charge in [0.2, 0.25) is 0 Å². The summed E-state index contributed by atoms with van der Waals surface area (Å²) in [6, 6.07) is 2.94. The number of rotatable bonds is 2. The number of halogens is 1. The van der Waals surface area contributed by atoms with Crippen molar-refractivity contribution in [3.05, 3.63) is 33.8 Å². The van der Waals surface area contributed by atoms with Gasteiger partial charge < -0.3 is 0 Å². The molecule has 4 nitrogen and oxygen atoms in total. The first-order valence-electron chi connectivity index (χ1n) is 2.73. The van der Waals surface area contributed by atoms with E-state index in [1.807, 2.05) is 0 Å². The van der Waals surface area contributed by atoms with Gasteiger partial charge >= 0.3 is 0 Å². The van der Waals surface area contributed by atoms with Gasteiger partial charge in [-0.15, -0.1) is 9.81 Å². The van der Waals surface area contributed by atoms with Gasteiger partial charge in [0.05, 0.1) is 0 Å². The molecule has 0 aliphatic rings. The summed E-state index contributed by atoms with van der Waals surface area (Å²) in [6.07, 6.45) is 0. The predicted molar refractivity (Wildman–Crippen MR) is 37.3 cm³/mol. The van der Waals surface area contributed by atoms with Gasteiger partial charge in [-0.2, -0.15) is 0 Å². The van der Waals surface area contributed by atoms with E-state index in [-0.39, 0.29) is 11.4 Å². The van der Waals surface area contributed by atoms with Crippen LogP contribution in [0.2, 0.25) is 0 Å². The van der Waals surface area contributed by atoms with Gasteiger partial charge in [-0.05, 0) is 16.4 Å². The van der Waals surface area contributed by atoms with Gasteiger partial charge in [0, 0.05) is 12.1 Å². The normalized spacial score (nSPS) is 9.18. The molecule has 0 N–H and O–H groups in total. The molecule has 0 aromatic heterocycles. The monoisotopic (exact) mass is 154 g/mol. The number of nitrogens with zero attached hydrogens (tertiary/aromatic N) is 2. The lowest BCUT2D eigenvalue weighted by atomic mass is 10.3. The van der Waals surface area contributed by atoms with Crippen molar-refractivity contribution in [3.8, 4) is 0 Å². The third-order valence-electron chi connectivity index (χ3n) is 1.08. The number of hydrogen-bond donors (Lipinski definition) is 0. The van der Waals surface area contributed by atoms with Crippen LogP contribution in [0.1, 0.15) is 0 Å². The first kappa shape index (κ1) is 7.46. The molecule has 1 rings (SSSR count). The summed E-state index contributed by atoms with van der Waals surface area (Å²) < 4.78 is 12.4. The molecule has 0 atom stereocenters. The Kier molecular flexibility index (Phi) is 2.00. The zero-order valence-electron chi connectivity index (χ0n) is 5.32. The van der Waals surface area contributed by atoms with Crippen LogP contribution in [0.15, 0.2) is 28.6 Å². The molecule has 0 amide bonds. The Morgan fingerprint density at radius 1 is 1.00 bits per heavy atom. The lowest BCUT2D eigenvalue weighted by Gasteiger charge is -1.90. The fourth-order valence-electron chi connectivity index (χ4n) is 0.664. The smallest absolute Gasteiger partial charge is 0.127 e. The quantitative estimate of drug-likeness (QED) is 0.614. The SMILES string of the molecule is O=Nc1cc(F)cc(N=O)c1. The summed E-state index contributed by atoms with van der Waals surface area (Å²) in [6.45, 7) is 0. The van der Waals surface area contributed by atoms with Gasteiger partial charge in [0.15, 0.2) is 0 Å². The fraction of sp³-hybridized carbons (Fsp3) is 0. The Morgan fingerprint density at radius 2 is 1.45 bits per heavy atom. The molecule has 0 saturated heterocycles. The van der Waals surface area contributed by atoms with Gasteiger partial charge in [-0.1, -0.05) is 0 Å². The van der Waals surface area contributed by atoms with Gasteiger partial charge in [-0.25, -0.2) is 4.39 Å². The summed E-state index contributed by atoms with van der Waals surface area (Å²) in [7, 11) is 0. The molecule has 11 heavy (non-hydrogen) atoms. The molecule has 0 aliphatic carbocycles. The van der Waals surface area contributed by atoms with E-state index in [1.165, 1.54) is 0 Å². The highest BCUT2D eigenvalue weighted by Gasteiger charge is 1.99. The molecule has 1 aromatic carbocycles. The lowest BCUT2D eigenvalue weighted by molar-refractivity contribution is 0.628. The largest absolute Gasteiger partial charge is 0.207 e. The van der Waals surface area contributed by atoms with E-state index in [0.29, 0.717) is 0 Å². The molecule has 0 unspecified atom stereocenters. The van der Waals surface area contributed by atoms with Gasteiger partial charge in [0.25, 0.3) is 0 Å². The Morgan fingerprint density at radius 3 is 1.82 bits per heavy atom. The van der Waals surface area contributed by atoms with Crippen molar-refractivity contribution in [2.24, 2.45) is 10.4 Å². The van der Waals surface area contributed by atoms with Crippen LogP contribution in [0, 0.1) is 15.6 Å². The molecule has 0 heterocycles. The maximum absolute atomic E-state index is 12.4. The minimum Gasteiger partial charge on any atom is -0.207 e. The van der Waals surface area contributed by atoms with Crippen LogP contribution in [0.4, 0.5) is 15.8 Å². The second-order valence-corrected chi connectivity index (χ2v) is 1.85. The maximum Gasteiger partial charge on any atom is 0.127 e. The zero-order chi connectivity index (χ0) is 8.27. The zero-order valence-corrected chi connectivity index (χ0v) is 5.32. The van der Waals surface area contributed by atoms with Crippen LogP contribution >= 0.6 is 0 Å². The van der Waals surface area contributed by atoms with Crippen LogP contribution in [-0.2, 0) is 0 Å². The van der Waals surface area contributed by atoms with E-state index in [1.54, 1.807) is 0 Å². The second-order valence-electron chi connectivity index (χ2n) is 1.85. The first-order chi connectivity index (χ1) is 5.26. The van der Waals surface area contributed by atoms with Crippen molar-refractivity contribution in [2.45, 2.75) is 0 Å². The van der Waals surface area contributed by atoms with E-state index < -0.39 is 5.82 Å². The summed E-state index contributed by atoms with van der Waals surface area (Å²) in [5.41, 5.74) is -0.279. The highest BCUT2D eigenvalue weighted by Crippen LogP contribution is 2.21. The summed E-state index contributed by atoms with van der Waals surface area (Å²) >= 11 is 0. The van der Waals surface area contributed by atoms with E-state index in [9.17, 15) is 14.2 Å². The van der Waals surface area contributed by atoms with Crippen LogP contribution in [0.3, 0.4) is 0 Å². The van der Waals surface area contributed by atoms with Crippen molar-refractivity contribution in [3.63, 3.8) is 0 Å². The summed E-state index contributed by atoms with van der Waals surface area (Å²) in [4.78, 5) is 19.7. The molecule has 1 aromatic rings. The van der Waals surface area contributed by atoms with E-state index in [2.05, 4.69) is 10.4 Å². The minimum absolute atomic E-state index is 0.139. The highest BCUT2D eigenvalue weighted by atomic mass is 19.1. The number of benzene rings is 1. The van der Waals surface area contributed by atoms with Crippen molar-refractivity contribution in [2.75, 3.05) is 0 Å². The molecular formula is C6H3FN2O2. The standard InChI is InChI=1S/C6H3FN2O2/c7-4-1-5(8-10)3-6(2-4)9-11/h1-3H. The Labute approximate surface area is 61.0 Å². The van der Waals surface area contributed by atoms with Crippen LogP contribution < -0.4 is 0 Å². The third-order valence-corrected chi connectivity index (χ3v) is 1.08. The van der Waals surface area contributed by atoms with Crippen molar-refractivity contribution in [1.82, 2.24) is 0 Å². The van der Waals surface area contributed by atoms with Crippen LogP contribution in [0.5, 0.6) is 0 Å². The molecule has 0 fully saturated rings. The van der Waals surface area contributed by atoms with Crippen molar-refractivity contribution in [1.29, 1.82) is 0 Å². The maximum atomic E-state index is 12.4. The van der Waals surface area contributed by atoms with Gasteiger partial charge in [-0.3, -0.25) is 0 Å². The average molecular weight is 154 g/mol. The highest BCUT2D eigenvalue weighted by molar-refractivity contribution is 5.50. The summed E-state index contributed by atoms with van der Waals surface area (Å²) in [5.74, 6) is -0.698. The number of hydrogen-bond acceptors (Lipinski definition) is 4. The molecule has 0 spiro atoms. The second kappa shape index (κ2) is 2.96. The Hall–Kier alpha value is -1.65. The fourth-order valence-corrected chi connectivity index (χ4v) is 0.664. The summed E-state index contributed by atoms with van der Waals surface area (Å²) in [5, 5.41) is 4.90. The van der Waals surface area contributed by atoms with Crippen LogP contribution in [-0.4, -0.2) is 0 Å². The molecular weight excluding hydrogens is 151 g/mol. The Bertz CT molecular complexity index is 274. The van der Waals surface area contributed by atoms with Crippen LogP contribution in [0.25, 0.3) is 0 Å². The van der Waals surface area contributed by atoms with Gasteiger partial charge in [0.1, 0.15) is 17.2 Å². The molecule has 0 saturated carbocycles. The van der Waals surface area contributed by atoms with Crippen molar-refractivity contribution >= 4 is 11.4 Å². The minimum atomic E-state index is -0.698.